The third-order valence-corrected chi connectivity index (χ3v) is 4.64. The molecular weight excluding hydrogens is 204 g/mol. The van der Waals surface area contributed by atoms with Crippen molar-refractivity contribution in [2.24, 2.45) is 23.7 Å². The predicted molar refractivity (Wildman–Crippen MR) is 58.5 cm³/mol. The van der Waals surface area contributed by atoms with Gasteiger partial charge in [0.15, 0.2) is 0 Å². The zero-order valence-corrected chi connectivity index (χ0v) is 9.81. The third kappa shape index (κ3) is 1.12. The molecule has 1 heterocycles. The van der Waals surface area contributed by atoms with Gasteiger partial charge in [0.2, 0.25) is 0 Å². The van der Waals surface area contributed by atoms with E-state index >= 15 is 0 Å². The van der Waals surface area contributed by atoms with E-state index in [4.69, 9.17) is 9.47 Å². The molecule has 3 nitrogen and oxygen atoms in total. The average Bonchev–Trinajstić information content (AvgIpc) is 2.86. The number of carbonyl (C=O) groups is 1. The number of ether oxygens (including phenoxy) is 2. The zero-order chi connectivity index (χ0) is 11.3. The van der Waals surface area contributed by atoms with Crippen LogP contribution in [0.15, 0.2) is 12.3 Å². The molecule has 5 unspecified atom stereocenters. The molecule has 0 radical (unpaired) electrons. The molecule has 3 aliphatic rings. The molecule has 88 valence electrons. The van der Waals surface area contributed by atoms with E-state index in [1.54, 1.807) is 6.26 Å². The Morgan fingerprint density at radius 2 is 2.25 bits per heavy atom. The van der Waals surface area contributed by atoms with Gasteiger partial charge in [-0.2, -0.15) is 0 Å². The van der Waals surface area contributed by atoms with E-state index in [9.17, 15) is 4.79 Å². The molecule has 1 saturated heterocycles. The molecule has 0 N–H and O–H groups in total. The minimum atomic E-state index is -0.255. The highest BCUT2D eigenvalue weighted by molar-refractivity contribution is 5.77. The van der Waals surface area contributed by atoms with Gasteiger partial charge < -0.3 is 9.47 Å². The molecule has 0 aromatic rings. The summed E-state index contributed by atoms with van der Waals surface area (Å²) in [5, 5.41) is 0. The molecule has 0 aromatic heterocycles. The van der Waals surface area contributed by atoms with E-state index in [0.717, 1.165) is 12.8 Å². The molecule has 2 bridgehead atoms. The van der Waals surface area contributed by atoms with E-state index in [1.165, 1.54) is 0 Å². The fraction of sp³-hybridized carbons (Fsp3) is 0.769. The van der Waals surface area contributed by atoms with E-state index < -0.39 is 0 Å². The smallest absolute Gasteiger partial charge is 0.313 e. The molecule has 1 aliphatic heterocycles. The third-order valence-electron chi connectivity index (χ3n) is 4.64. The highest BCUT2D eigenvalue weighted by Gasteiger charge is 2.67. The van der Waals surface area contributed by atoms with E-state index in [2.05, 4.69) is 6.92 Å². The van der Waals surface area contributed by atoms with Crippen molar-refractivity contribution in [1.82, 2.24) is 0 Å². The van der Waals surface area contributed by atoms with Crippen molar-refractivity contribution in [3.8, 4) is 0 Å². The van der Waals surface area contributed by atoms with Crippen molar-refractivity contribution < 1.29 is 14.3 Å². The number of rotatable bonds is 2. The largest absolute Gasteiger partial charge is 0.494 e. The summed E-state index contributed by atoms with van der Waals surface area (Å²) in [5.74, 6) is 1.62. The Bertz CT molecular complexity index is 349. The highest BCUT2D eigenvalue weighted by atomic mass is 16.5. The van der Waals surface area contributed by atoms with Gasteiger partial charge in [-0.3, -0.25) is 4.79 Å². The fourth-order valence-corrected chi connectivity index (χ4v) is 4.10. The van der Waals surface area contributed by atoms with Crippen LogP contribution in [0.1, 0.15) is 26.7 Å². The Kier molecular flexibility index (Phi) is 2.07. The van der Waals surface area contributed by atoms with Crippen LogP contribution in [0.2, 0.25) is 0 Å². The minimum Gasteiger partial charge on any atom is -0.494 e. The van der Waals surface area contributed by atoms with Gasteiger partial charge in [0, 0.05) is 5.92 Å². The van der Waals surface area contributed by atoms with Gasteiger partial charge in [-0.25, -0.2) is 0 Å². The monoisotopic (exact) mass is 222 g/mol. The van der Waals surface area contributed by atoms with Crippen LogP contribution in [0.25, 0.3) is 0 Å². The molecule has 0 amide bonds. The average molecular weight is 222 g/mol. The number of hydrogen-bond acceptors (Lipinski definition) is 3. The summed E-state index contributed by atoms with van der Waals surface area (Å²) in [4.78, 5) is 11.8. The molecular formula is C13H18O3. The number of carbonyl (C=O) groups excluding carboxylic acids is 1. The quantitative estimate of drug-likeness (QED) is 0.530. The zero-order valence-electron chi connectivity index (χ0n) is 9.81. The van der Waals surface area contributed by atoms with Crippen LogP contribution in [0.4, 0.5) is 0 Å². The lowest BCUT2D eigenvalue weighted by molar-refractivity contribution is -0.148. The highest BCUT2D eigenvalue weighted by Crippen LogP contribution is 2.61. The summed E-state index contributed by atoms with van der Waals surface area (Å²) in [6.45, 7) is 4.82. The Labute approximate surface area is 95.8 Å². The Morgan fingerprint density at radius 1 is 1.44 bits per heavy atom. The van der Waals surface area contributed by atoms with Gasteiger partial charge in [0.05, 0.1) is 12.9 Å². The predicted octanol–water partition coefficient (Wildman–Crippen LogP) is 2.12. The summed E-state index contributed by atoms with van der Waals surface area (Å²) < 4.78 is 11.1. The molecule has 0 aromatic carbocycles. The van der Waals surface area contributed by atoms with Gasteiger partial charge in [0.1, 0.15) is 11.5 Å². The van der Waals surface area contributed by atoms with Gasteiger partial charge in [-0.15, -0.1) is 0 Å². The molecule has 3 heteroatoms. The van der Waals surface area contributed by atoms with Gasteiger partial charge in [-0.1, -0.05) is 13.0 Å². The second-order valence-electron chi connectivity index (χ2n) is 5.47. The first kappa shape index (κ1) is 10.2. The van der Waals surface area contributed by atoms with E-state index in [1.807, 2.05) is 13.0 Å². The molecule has 0 spiro atoms. The van der Waals surface area contributed by atoms with Gasteiger partial charge in [0.25, 0.3) is 0 Å². The van der Waals surface area contributed by atoms with Gasteiger partial charge in [-0.05, 0) is 31.6 Å². The lowest BCUT2D eigenvalue weighted by Crippen LogP contribution is -2.41. The van der Waals surface area contributed by atoms with Gasteiger partial charge >= 0.3 is 5.97 Å². The summed E-state index contributed by atoms with van der Waals surface area (Å²) >= 11 is 0. The number of cyclic esters (lactones) is 1. The number of fused-ring (bicyclic) bond motifs is 5. The van der Waals surface area contributed by atoms with Crippen LogP contribution in [-0.2, 0) is 14.3 Å². The van der Waals surface area contributed by atoms with E-state index in [-0.39, 0.29) is 17.5 Å². The van der Waals surface area contributed by atoms with E-state index in [0.29, 0.717) is 24.4 Å². The van der Waals surface area contributed by atoms with Crippen molar-refractivity contribution >= 4 is 5.97 Å². The van der Waals surface area contributed by atoms with Crippen LogP contribution < -0.4 is 0 Å². The van der Waals surface area contributed by atoms with Crippen LogP contribution in [0, 0.1) is 23.7 Å². The first-order valence-electron chi connectivity index (χ1n) is 6.13. The maximum absolute atomic E-state index is 11.8. The first-order valence-corrected chi connectivity index (χ1v) is 6.13. The van der Waals surface area contributed by atoms with Crippen molar-refractivity contribution in [2.75, 3.05) is 6.61 Å². The van der Waals surface area contributed by atoms with Crippen LogP contribution in [0.3, 0.4) is 0 Å². The lowest BCUT2D eigenvalue weighted by Gasteiger charge is -2.34. The molecule has 2 saturated carbocycles. The maximum atomic E-state index is 11.8. The molecule has 5 atom stereocenters. The van der Waals surface area contributed by atoms with Crippen molar-refractivity contribution in [2.45, 2.75) is 32.3 Å². The Morgan fingerprint density at radius 3 is 3.00 bits per heavy atom. The summed E-state index contributed by atoms with van der Waals surface area (Å²) in [6, 6.07) is 0. The molecule has 3 rings (SSSR count). The van der Waals surface area contributed by atoms with Crippen LogP contribution in [0.5, 0.6) is 0 Å². The second-order valence-corrected chi connectivity index (χ2v) is 5.47. The Hall–Kier alpha value is -0.990. The topological polar surface area (TPSA) is 35.5 Å². The van der Waals surface area contributed by atoms with Crippen LogP contribution in [-0.4, -0.2) is 18.2 Å². The first-order chi connectivity index (χ1) is 7.68. The molecule has 16 heavy (non-hydrogen) atoms. The Balaban J connectivity index is 1.93. The second kappa shape index (κ2) is 3.25. The molecule has 3 fully saturated rings. The van der Waals surface area contributed by atoms with Crippen molar-refractivity contribution in [3.63, 3.8) is 0 Å². The number of esters is 1. The summed E-state index contributed by atoms with van der Waals surface area (Å²) in [6.07, 6.45) is 5.66. The molecule has 2 aliphatic carbocycles. The van der Waals surface area contributed by atoms with Crippen LogP contribution >= 0.6 is 0 Å². The number of hydrogen-bond donors (Lipinski definition) is 0. The fourth-order valence-electron chi connectivity index (χ4n) is 4.10. The maximum Gasteiger partial charge on any atom is 0.313 e. The number of allylic oxidation sites excluding steroid dienone is 1. The SMILES string of the molecule is CC=COC12CC(C)C(C1)C1COC(=O)C12. The van der Waals surface area contributed by atoms with Crippen molar-refractivity contribution in [3.05, 3.63) is 12.3 Å². The summed E-state index contributed by atoms with van der Waals surface area (Å²) in [7, 11) is 0. The van der Waals surface area contributed by atoms with Crippen molar-refractivity contribution in [1.29, 1.82) is 0 Å². The standard InChI is InChI=1S/C13H18O3/c1-3-4-16-13-5-8(2)9(6-13)10-7-15-12(14)11(10)13/h3-4,8-11H,5-7H2,1-2H3. The minimum absolute atomic E-state index is 0.00935. The summed E-state index contributed by atoms with van der Waals surface area (Å²) in [5.41, 5.74) is -0.255. The lowest BCUT2D eigenvalue weighted by atomic mass is 9.74. The normalized spacial score (nSPS) is 49.8.